The summed E-state index contributed by atoms with van der Waals surface area (Å²) in [5, 5.41) is 6.60. The van der Waals surface area contributed by atoms with Crippen LogP contribution in [0.15, 0.2) is 4.99 Å². The molecule has 0 aromatic rings. The Morgan fingerprint density at radius 3 is 2.77 bits per heavy atom. The van der Waals surface area contributed by atoms with E-state index in [9.17, 15) is 0 Å². The molecule has 0 saturated carbocycles. The van der Waals surface area contributed by atoms with Crippen LogP contribution < -0.4 is 10.6 Å². The molecule has 0 aromatic heterocycles. The Bertz CT molecular complexity index is 297. The number of rotatable bonds is 11. The van der Waals surface area contributed by atoms with Crippen LogP contribution in [0.1, 0.15) is 12.8 Å². The summed E-state index contributed by atoms with van der Waals surface area (Å²) >= 11 is 0. The second kappa shape index (κ2) is 12.6. The van der Waals surface area contributed by atoms with E-state index in [4.69, 9.17) is 14.2 Å². The Morgan fingerprint density at radius 2 is 2.09 bits per heavy atom. The molecule has 1 heterocycles. The molecule has 0 radical (unpaired) electrons. The Morgan fingerprint density at radius 1 is 1.27 bits per heavy atom. The molecule has 2 N–H and O–H groups in total. The number of aliphatic imine (C=N–C) groups is 1. The first-order valence-electron chi connectivity index (χ1n) is 8.07. The molecule has 1 saturated heterocycles. The van der Waals surface area contributed by atoms with Crippen LogP contribution in [0, 0.1) is 0 Å². The van der Waals surface area contributed by atoms with Crippen LogP contribution in [-0.4, -0.2) is 90.8 Å². The molecule has 130 valence electrons. The van der Waals surface area contributed by atoms with Gasteiger partial charge in [-0.2, -0.15) is 0 Å². The summed E-state index contributed by atoms with van der Waals surface area (Å²) in [6, 6.07) is 0. The molecule has 0 amide bonds. The van der Waals surface area contributed by atoms with E-state index >= 15 is 0 Å². The van der Waals surface area contributed by atoms with Gasteiger partial charge in [-0.25, -0.2) is 0 Å². The van der Waals surface area contributed by atoms with Crippen LogP contribution in [-0.2, 0) is 14.2 Å². The average molecular weight is 316 g/mol. The first-order chi connectivity index (χ1) is 10.8. The van der Waals surface area contributed by atoms with Crippen molar-refractivity contribution < 1.29 is 14.2 Å². The van der Waals surface area contributed by atoms with Gasteiger partial charge in [-0.05, 0) is 19.9 Å². The van der Waals surface area contributed by atoms with Gasteiger partial charge in [-0.3, -0.25) is 4.99 Å². The number of methoxy groups -OCH3 is 1. The van der Waals surface area contributed by atoms with Gasteiger partial charge in [0.2, 0.25) is 0 Å². The number of guanidine groups is 1. The molecule has 22 heavy (non-hydrogen) atoms. The van der Waals surface area contributed by atoms with Crippen molar-refractivity contribution in [3.63, 3.8) is 0 Å². The lowest BCUT2D eigenvalue weighted by Crippen LogP contribution is -2.41. The van der Waals surface area contributed by atoms with Crippen molar-refractivity contribution >= 4 is 5.96 Å². The summed E-state index contributed by atoms with van der Waals surface area (Å²) in [4.78, 5) is 6.44. The topological polar surface area (TPSA) is 67.4 Å². The number of likely N-dealkylation sites (N-methyl/N-ethyl adjacent to an activating group) is 1. The summed E-state index contributed by atoms with van der Waals surface area (Å²) in [5.41, 5.74) is 0. The molecule has 0 aliphatic carbocycles. The molecular weight excluding hydrogens is 284 g/mol. The van der Waals surface area contributed by atoms with E-state index in [1.54, 1.807) is 14.2 Å². The quantitative estimate of drug-likeness (QED) is 0.316. The van der Waals surface area contributed by atoms with Gasteiger partial charge in [0.15, 0.2) is 5.96 Å². The van der Waals surface area contributed by atoms with Crippen molar-refractivity contribution in [2.75, 3.05) is 73.8 Å². The van der Waals surface area contributed by atoms with Crippen LogP contribution in [0.3, 0.4) is 0 Å². The largest absolute Gasteiger partial charge is 0.383 e. The molecule has 1 unspecified atom stereocenters. The summed E-state index contributed by atoms with van der Waals surface area (Å²) in [6.45, 7) is 6.70. The monoisotopic (exact) mass is 316 g/mol. The van der Waals surface area contributed by atoms with Crippen molar-refractivity contribution in [1.29, 1.82) is 0 Å². The Labute approximate surface area is 134 Å². The average Bonchev–Trinajstić information content (AvgIpc) is 3.04. The number of nitrogens with one attached hydrogen (secondary N) is 2. The molecular formula is C15H32N4O3. The fourth-order valence-corrected chi connectivity index (χ4v) is 2.12. The predicted molar refractivity (Wildman–Crippen MR) is 88.5 cm³/mol. The molecule has 1 rings (SSSR count). The highest BCUT2D eigenvalue weighted by atomic mass is 16.5. The predicted octanol–water partition coefficient (Wildman–Crippen LogP) is -0.0748. The second-order valence-corrected chi connectivity index (χ2v) is 5.43. The van der Waals surface area contributed by atoms with Gasteiger partial charge in [0.25, 0.3) is 0 Å². The number of ether oxygens (including phenoxy) is 3. The van der Waals surface area contributed by atoms with Crippen molar-refractivity contribution in [2.45, 2.75) is 18.9 Å². The molecule has 1 aliphatic heterocycles. The van der Waals surface area contributed by atoms with Crippen LogP contribution in [0.5, 0.6) is 0 Å². The molecule has 7 heteroatoms. The van der Waals surface area contributed by atoms with Gasteiger partial charge in [-0.15, -0.1) is 0 Å². The molecule has 1 atom stereocenters. The minimum absolute atomic E-state index is 0.292. The summed E-state index contributed by atoms with van der Waals surface area (Å²) in [7, 11) is 5.60. The van der Waals surface area contributed by atoms with Crippen molar-refractivity contribution in [3.05, 3.63) is 0 Å². The maximum absolute atomic E-state index is 5.72. The second-order valence-electron chi connectivity index (χ2n) is 5.43. The summed E-state index contributed by atoms with van der Waals surface area (Å²) in [6.07, 6.45) is 2.28. The van der Waals surface area contributed by atoms with Gasteiger partial charge in [0.05, 0.1) is 19.3 Å². The van der Waals surface area contributed by atoms with Gasteiger partial charge in [-0.1, -0.05) is 0 Å². The maximum Gasteiger partial charge on any atom is 0.191 e. The van der Waals surface area contributed by atoms with Gasteiger partial charge in [0.1, 0.15) is 0 Å². The minimum atomic E-state index is 0.292. The fourth-order valence-electron chi connectivity index (χ4n) is 2.12. The van der Waals surface area contributed by atoms with Gasteiger partial charge >= 0.3 is 0 Å². The van der Waals surface area contributed by atoms with Crippen molar-refractivity contribution in [3.8, 4) is 0 Å². The number of hydrogen-bond donors (Lipinski definition) is 2. The van der Waals surface area contributed by atoms with Crippen molar-refractivity contribution in [2.24, 2.45) is 4.99 Å². The Kier molecular flexibility index (Phi) is 11.0. The number of hydrogen-bond acceptors (Lipinski definition) is 5. The maximum atomic E-state index is 5.72. The van der Waals surface area contributed by atoms with Gasteiger partial charge < -0.3 is 29.7 Å². The molecule has 0 aromatic carbocycles. The van der Waals surface area contributed by atoms with E-state index in [-0.39, 0.29) is 0 Å². The first kappa shape index (κ1) is 19.2. The van der Waals surface area contributed by atoms with Gasteiger partial charge in [0, 0.05) is 53.6 Å². The highest BCUT2D eigenvalue weighted by Gasteiger charge is 2.15. The first-order valence-corrected chi connectivity index (χ1v) is 8.07. The lowest BCUT2D eigenvalue weighted by molar-refractivity contribution is 0.0420. The lowest BCUT2D eigenvalue weighted by Gasteiger charge is -2.18. The Hall–Kier alpha value is -0.890. The van der Waals surface area contributed by atoms with E-state index in [0.717, 1.165) is 71.4 Å². The SMILES string of the molecule is CN=C(NCCCOC1CCOC1)NCCN(C)CCOC. The highest BCUT2D eigenvalue weighted by molar-refractivity contribution is 5.79. The normalized spacial score (nSPS) is 18.9. The molecule has 1 aliphatic rings. The molecule has 7 nitrogen and oxygen atoms in total. The summed E-state index contributed by atoms with van der Waals surface area (Å²) in [5.74, 6) is 0.837. The molecule has 0 bridgehead atoms. The van der Waals surface area contributed by atoms with E-state index in [0.29, 0.717) is 6.10 Å². The van der Waals surface area contributed by atoms with Crippen LogP contribution in [0.2, 0.25) is 0 Å². The molecule has 0 spiro atoms. The van der Waals surface area contributed by atoms with Crippen LogP contribution in [0.4, 0.5) is 0 Å². The lowest BCUT2D eigenvalue weighted by atomic mass is 10.3. The smallest absolute Gasteiger partial charge is 0.191 e. The van der Waals surface area contributed by atoms with E-state index in [1.165, 1.54) is 0 Å². The minimum Gasteiger partial charge on any atom is -0.383 e. The van der Waals surface area contributed by atoms with Crippen LogP contribution >= 0.6 is 0 Å². The third kappa shape index (κ3) is 9.19. The highest BCUT2D eigenvalue weighted by Crippen LogP contribution is 2.07. The third-order valence-electron chi connectivity index (χ3n) is 3.54. The Balaban J connectivity index is 1.97. The van der Waals surface area contributed by atoms with E-state index in [2.05, 4.69) is 27.6 Å². The molecule has 1 fully saturated rings. The van der Waals surface area contributed by atoms with Crippen molar-refractivity contribution in [1.82, 2.24) is 15.5 Å². The number of nitrogens with zero attached hydrogens (tertiary/aromatic N) is 2. The zero-order valence-electron chi connectivity index (χ0n) is 14.3. The standard InChI is InChI=1S/C15H32N4O3/c1-16-15(18-7-8-19(2)9-12-20-3)17-6-4-10-22-14-5-11-21-13-14/h14H,4-13H2,1-3H3,(H2,16,17,18). The zero-order chi connectivity index (χ0) is 16.0. The zero-order valence-corrected chi connectivity index (χ0v) is 14.3. The third-order valence-corrected chi connectivity index (χ3v) is 3.54. The summed E-state index contributed by atoms with van der Waals surface area (Å²) < 4.78 is 16.1. The fraction of sp³-hybridized carbons (Fsp3) is 0.933. The van der Waals surface area contributed by atoms with Crippen LogP contribution in [0.25, 0.3) is 0 Å². The van der Waals surface area contributed by atoms with E-state index in [1.807, 2.05) is 0 Å². The van der Waals surface area contributed by atoms with E-state index < -0.39 is 0 Å².